The number of hydrogen-bond acceptors (Lipinski definition) is 4. The Balaban J connectivity index is 1.80. The molecule has 0 aromatic carbocycles. The zero-order chi connectivity index (χ0) is 14.3. The van der Waals surface area contributed by atoms with Crippen LogP contribution in [0.4, 0.5) is 0 Å². The van der Waals surface area contributed by atoms with Crippen molar-refractivity contribution in [3.8, 4) is 0 Å². The third-order valence-electron chi connectivity index (χ3n) is 3.52. The molecule has 0 atom stereocenters. The summed E-state index contributed by atoms with van der Waals surface area (Å²) in [6.45, 7) is 6.94. The van der Waals surface area contributed by atoms with Gasteiger partial charge >= 0.3 is 5.69 Å². The molecule has 0 bridgehead atoms. The fraction of sp³-hybridized carbons (Fsp3) is 0.533. The van der Waals surface area contributed by atoms with Crippen molar-refractivity contribution in [2.45, 2.75) is 51.5 Å². The van der Waals surface area contributed by atoms with Gasteiger partial charge in [0.15, 0.2) is 0 Å². The highest BCUT2D eigenvalue weighted by molar-refractivity contribution is 7.09. The van der Waals surface area contributed by atoms with Crippen LogP contribution in [-0.2, 0) is 12.0 Å². The molecule has 0 N–H and O–H groups in total. The standard InChI is InChI=1S/C15H19N3OS/c1-15(2,3)12-9-20-13(17-12)8-18-7-6-11(10-4-5-10)16-14(18)19/h6-7,9-10H,4-5,8H2,1-3H3. The topological polar surface area (TPSA) is 47.8 Å². The first-order chi connectivity index (χ1) is 9.43. The number of thiazole rings is 1. The lowest BCUT2D eigenvalue weighted by molar-refractivity contribution is 0.569. The smallest absolute Gasteiger partial charge is 0.292 e. The van der Waals surface area contributed by atoms with Crippen molar-refractivity contribution in [3.63, 3.8) is 0 Å². The van der Waals surface area contributed by atoms with E-state index in [0.29, 0.717) is 12.5 Å². The fourth-order valence-electron chi connectivity index (χ4n) is 2.04. The van der Waals surface area contributed by atoms with Gasteiger partial charge in [-0.05, 0) is 18.9 Å². The monoisotopic (exact) mass is 289 g/mol. The van der Waals surface area contributed by atoms with Crippen LogP contribution in [0.3, 0.4) is 0 Å². The first kappa shape index (κ1) is 13.5. The first-order valence-corrected chi connectivity index (χ1v) is 7.84. The minimum atomic E-state index is -0.165. The number of rotatable bonds is 3. The Labute approximate surface area is 122 Å². The van der Waals surface area contributed by atoms with Crippen LogP contribution in [-0.4, -0.2) is 14.5 Å². The lowest BCUT2D eigenvalue weighted by Gasteiger charge is -2.14. The lowest BCUT2D eigenvalue weighted by Crippen LogP contribution is -2.24. The van der Waals surface area contributed by atoms with Gasteiger partial charge in [-0.15, -0.1) is 11.3 Å². The van der Waals surface area contributed by atoms with Gasteiger partial charge in [0.2, 0.25) is 0 Å². The van der Waals surface area contributed by atoms with Crippen molar-refractivity contribution in [1.82, 2.24) is 14.5 Å². The van der Waals surface area contributed by atoms with Gasteiger partial charge in [-0.1, -0.05) is 20.8 Å². The summed E-state index contributed by atoms with van der Waals surface area (Å²) in [6, 6.07) is 1.97. The molecule has 0 saturated heterocycles. The first-order valence-electron chi connectivity index (χ1n) is 6.96. The van der Waals surface area contributed by atoms with Gasteiger partial charge < -0.3 is 0 Å². The summed E-state index contributed by atoms with van der Waals surface area (Å²) in [5.41, 5.74) is 1.91. The van der Waals surface area contributed by atoms with Crippen molar-refractivity contribution in [2.24, 2.45) is 0 Å². The molecule has 1 fully saturated rings. The van der Waals surface area contributed by atoms with E-state index in [1.807, 2.05) is 12.3 Å². The van der Waals surface area contributed by atoms with Gasteiger partial charge in [0, 0.05) is 22.9 Å². The molecular weight excluding hydrogens is 270 g/mol. The predicted molar refractivity (Wildman–Crippen MR) is 80.4 cm³/mol. The molecule has 1 aliphatic rings. The summed E-state index contributed by atoms with van der Waals surface area (Å²) in [5, 5.41) is 3.03. The highest BCUT2D eigenvalue weighted by Gasteiger charge is 2.25. The summed E-state index contributed by atoms with van der Waals surface area (Å²) >= 11 is 1.60. The highest BCUT2D eigenvalue weighted by Crippen LogP contribution is 2.38. The molecule has 3 rings (SSSR count). The maximum absolute atomic E-state index is 12.0. The molecule has 2 aromatic heterocycles. The van der Waals surface area contributed by atoms with Gasteiger partial charge in [0.25, 0.3) is 0 Å². The van der Waals surface area contributed by atoms with Crippen molar-refractivity contribution < 1.29 is 0 Å². The largest absolute Gasteiger partial charge is 0.348 e. The molecule has 4 nitrogen and oxygen atoms in total. The normalized spacial score (nSPS) is 15.6. The molecule has 1 aliphatic carbocycles. The quantitative estimate of drug-likeness (QED) is 0.873. The van der Waals surface area contributed by atoms with Crippen LogP contribution in [0.2, 0.25) is 0 Å². The van der Waals surface area contributed by atoms with Crippen molar-refractivity contribution in [3.05, 3.63) is 44.5 Å². The third kappa shape index (κ3) is 2.82. The zero-order valence-electron chi connectivity index (χ0n) is 12.1. The summed E-state index contributed by atoms with van der Waals surface area (Å²) in [7, 11) is 0. The minimum Gasteiger partial charge on any atom is -0.292 e. The summed E-state index contributed by atoms with van der Waals surface area (Å²) in [4.78, 5) is 20.8. The van der Waals surface area contributed by atoms with Crippen molar-refractivity contribution >= 4 is 11.3 Å². The molecule has 0 radical (unpaired) electrons. The SMILES string of the molecule is CC(C)(C)c1csc(Cn2ccc(C3CC3)nc2=O)n1. The third-order valence-corrected chi connectivity index (χ3v) is 4.35. The van der Waals surface area contributed by atoms with E-state index in [1.54, 1.807) is 15.9 Å². The van der Waals surface area contributed by atoms with E-state index in [4.69, 9.17) is 0 Å². The maximum Gasteiger partial charge on any atom is 0.348 e. The van der Waals surface area contributed by atoms with E-state index in [1.165, 1.54) is 0 Å². The summed E-state index contributed by atoms with van der Waals surface area (Å²) < 4.78 is 1.64. The van der Waals surface area contributed by atoms with Gasteiger partial charge in [-0.2, -0.15) is 4.98 Å². The Hall–Kier alpha value is -1.49. The Bertz CT molecular complexity index is 677. The Morgan fingerprint density at radius 3 is 2.65 bits per heavy atom. The lowest BCUT2D eigenvalue weighted by atomic mass is 9.93. The van der Waals surface area contributed by atoms with Gasteiger partial charge in [-0.25, -0.2) is 9.78 Å². The average Bonchev–Trinajstić information content (AvgIpc) is 3.10. The number of aromatic nitrogens is 3. The van der Waals surface area contributed by atoms with E-state index in [2.05, 4.69) is 36.1 Å². The molecule has 20 heavy (non-hydrogen) atoms. The summed E-state index contributed by atoms with van der Waals surface area (Å²) in [5.74, 6) is 0.518. The molecular formula is C15H19N3OS. The second kappa shape index (κ2) is 4.81. The second-order valence-electron chi connectivity index (χ2n) is 6.41. The van der Waals surface area contributed by atoms with Crippen LogP contribution in [0.1, 0.15) is 55.9 Å². The Kier molecular flexibility index (Phi) is 3.24. The molecule has 0 spiro atoms. The van der Waals surface area contributed by atoms with Crippen LogP contribution in [0.5, 0.6) is 0 Å². The van der Waals surface area contributed by atoms with Crippen molar-refractivity contribution in [1.29, 1.82) is 0 Å². The van der Waals surface area contributed by atoms with Crippen LogP contribution >= 0.6 is 11.3 Å². The zero-order valence-corrected chi connectivity index (χ0v) is 12.9. The molecule has 0 aliphatic heterocycles. The van der Waals surface area contributed by atoms with Crippen LogP contribution in [0.15, 0.2) is 22.4 Å². The number of nitrogens with zero attached hydrogens (tertiary/aromatic N) is 3. The molecule has 1 saturated carbocycles. The molecule has 2 aromatic rings. The molecule has 106 valence electrons. The fourth-order valence-corrected chi connectivity index (χ4v) is 3.06. The van der Waals surface area contributed by atoms with Crippen LogP contribution in [0, 0.1) is 0 Å². The molecule has 0 amide bonds. The molecule has 0 unspecified atom stereocenters. The Morgan fingerprint density at radius 1 is 1.35 bits per heavy atom. The van der Waals surface area contributed by atoms with Crippen LogP contribution < -0.4 is 5.69 Å². The minimum absolute atomic E-state index is 0.0494. The van der Waals surface area contributed by atoms with Gasteiger partial charge in [0.1, 0.15) is 5.01 Å². The molecule has 2 heterocycles. The van der Waals surface area contributed by atoms with E-state index in [-0.39, 0.29) is 11.1 Å². The Morgan fingerprint density at radius 2 is 2.10 bits per heavy atom. The van der Waals surface area contributed by atoms with Gasteiger partial charge in [0.05, 0.1) is 17.9 Å². The highest BCUT2D eigenvalue weighted by atomic mass is 32.1. The van der Waals surface area contributed by atoms with E-state index in [0.717, 1.165) is 29.2 Å². The maximum atomic E-state index is 12.0. The van der Waals surface area contributed by atoms with E-state index < -0.39 is 0 Å². The number of hydrogen-bond donors (Lipinski definition) is 0. The van der Waals surface area contributed by atoms with E-state index >= 15 is 0 Å². The predicted octanol–water partition coefficient (Wildman–Crippen LogP) is 2.92. The van der Waals surface area contributed by atoms with E-state index in [9.17, 15) is 4.79 Å². The van der Waals surface area contributed by atoms with Crippen molar-refractivity contribution in [2.75, 3.05) is 0 Å². The average molecular weight is 289 g/mol. The van der Waals surface area contributed by atoms with Gasteiger partial charge in [-0.3, -0.25) is 4.57 Å². The second-order valence-corrected chi connectivity index (χ2v) is 7.36. The summed E-state index contributed by atoms with van der Waals surface area (Å²) in [6.07, 6.45) is 4.18. The van der Waals surface area contributed by atoms with Crippen LogP contribution in [0.25, 0.3) is 0 Å². The molecule has 5 heteroatoms.